The Kier molecular flexibility index (Phi) is 3.83. The Morgan fingerprint density at radius 3 is 2.45 bits per heavy atom. The number of aryl methyl sites for hydroxylation is 2. The first kappa shape index (κ1) is 17.6. The molecule has 0 atom stereocenters. The molecule has 142 valence electrons. The summed E-state index contributed by atoms with van der Waals surface area (Å²) in [4.78, 5) is 30.2. The summed E-state index contributed by atoms with van der Waals surface area (Å²) in [5, 5.41) is 0.283. The topological polar surface area (TPSA) is 65.1 Å². The minimum Gasteiger partial charge on any atom is -0.437 e. The van der Waals surface area contributed by atoms with Gasteiger partial charge in [0.15, 0.2) is 11.6 Å². The summed E-state index contributed by atoms with van der Waals surface area (Å²) in [7, 11) is 1.90. The maximum atomic E-state index is 12.8. The van der Waals surface area contributed by atoms with Crippen LogP contribution in [0.5, 0.6) is 0 Å². The lowest BCUT2D eigenvalue weighted by atomic mass is 10.0. The summed E-state index contributed by atoms with van der Waals surface area (Å²) in [6.07, 6.45) is 1.48. The molecule has 29 heavy (non-hydrogen) atoms. The molecule has 1 aliphatic rings. The predicted octanol–water partition coefficient (Wildman–Crippen LogP) is 5.26. The first-order valence-corrected chi connectivity index (χ1v) is 9.45. The van der Waals surface area contributed by atoms with Crippen molar-refractivity contribution < 1.29 is 14.0 Å². The zero-order valence-electron chi connectivity index (χ0n) is 15.7. The Bertz CT molecular complexity index is 1320. The molecule has 0 radical (unpaired) electrons. The number of ketones is 2. The van der Waals surface area contributed by atoms with Crippen molar-refractivity contribution in [3.05, 3.63) is 81.6 Å². The summed E-state index contributed by atoms with van der Waals surface area (Å²) in [6, 6.07) is 15.0. The van der Waals surface area contributed by atoms with Crippen molar-refractivity contribution in [2.24, 2.45) is 7.05 Å². The standard InChI is InChI=1S/C23H15ClN2O3/c1-12-8-9-16(24)19-18(12)20(27)15(21(19)28)10-14-11-17-23(29-14)25-22(26(17)2)13-6-4-3-5-7-13/h3-11H,1-2H3/b15-10+. The van der Waals surface area contributed by atoms with Crippen molar-refractivity contribution in [1.29, 1.82) is 0 Å². The van der Waals surface area contributed by atoms with Crippen LogP contribution < -0.4 is 0 Å². The van der Waals surface area contributed by atoms with Gasteiger partial charge in [-0.05, 0) is 24.6 Å². The van der Waals surface area contributed by atoms with Crippen molar-refractivity contribution in [2.75, 3.05) is 0 Å². The molecule has 0 saturated carbocycles. The highest BCUT2D eigenvalue weighted by Crippen LogP contribution is 2.35. The fourth-order valence-corrected chi connectivity index (χ4v) is 4.00. The van der Waals surface area contributed by atoms with Gasteiger partial charge in [-0.25, -0.2) is 0 Å². The van der Waals surface area contributed by atoms with Crippen LogP contribution in [0, 0.1) is 6.92 Å². The van der Waals surface area contributed by atoms with Crippen molar-refractivity contribution in [3.8, 4) is 11.4 Å². The molecular weight excluding hydrogens is 388 g/mol. The van der Waals surface area contributed by atoms with Crippen LogP contribution in [-0.4, -0.2) is 21.1 Å². The maximum Gasteiger partial charge on any atom is 0.245 e. The highest BCUT2D eigenvalue weighted by Gasteiger charge is 2.36. The fraction of sp³-hybridized carbons (Fsp3) is 0.0870. The smallest absolute Gasteiger partial charge is 0.245 e. The second-order valence-electron chi connectivity index (χ2n) is 7.03. The van der Waals surface area contributed by atoms with Crippen LogP contribution in [0.3, 0.4) is 0 Å². The normalized spacial score (nSPS) is 14.9. The fourth-order valence-electron chi connectivity index (χ4n) is 3.75. The number of carbonyl (C=O) groups excluding carboxylic acids is 2. The summed E-state index contributed by atoms with van der Waals surface area (Å²) in [5.74, 6) is 0.470. The number of hydrogen-bond acceptors (Lipinski definition) is 4. The molecule has 2 aromatic carbocycles. The third kappa shape index (κ3) is 2.58. The Hall–Kier alpha value is -3.44. The van der Waals surface area contributed by atoms with Crippen LogP contribution in [0.15, 0.2) is 58.5 Å². The van der Waals surface area contributed by atoms with E-state index in [1.807, 2.05) is 41.9 Å². The van der Waals surface area contributed by atoms with Gasteiger partial charge in [-0.3, -0.25) is 9.59 Å². The number of imidazole rings is 1. The number of fused-ring (bicyclic) bond motifs is 2. The molecule has 0 amide bonds. The van der Waals surface area contributed by atoms with E-state index in [1.54, 1.807) is 25.1 Å². The van der Waals surface area contributed by atoms with E-state index in [2.05, 4.69) is 4.98 Å². The number of rotatable bonds is 2. The Morgan fingerprint density at radius 2 is 1.76 bits per heavy atom. The van der Waals surface area contributed by atoms with Gasteiger partial charge in [0, 0.05) is 24.2 Å². The van der Waals surface area contributed by atoms with Crippen LogP contribution in [0.4, 0.5) is 0 Å². The van der Waals surface area contributed by atoms with Gasteiger partial charge < -0.3 is 8.98 Å². The van der Waals surface area contributed by atoms with E-state index in [0.717, 1.165) is 22.5 Å². The number of carbonyl (C=O) groups is 2. The monoisotopic (exact) mass is 402 g/mol. The van der Waals surface area contributed by atoms with E-state index in [-0.39, 0.29) is 27.7 Å². The van der Waals surface area contributed by atoms with Gasteiger partial charge in [0.25, 0.3) is 0 Å². The number of halogens is 1. The number of Topliss-reactive ketones (excluding diaryl/α,β-unsaturated/α-hetero) is 2. The lowest BCUT2D eigenvalue weighted by Gasteiger charge is -2.01. The quantitative estimate of drug-likeness (QED) is 0.339. The molecule has 0 aliphatic heterocycles. The molecule has 5 rings (SSSR count). The average Bonchev–Trinajstić information content (AvgIpc) is 3.33. The van der Waals surface area contributed by atoms with Crippen LogP contribution in [0.1, 0.15) is 32.0 Å². The van der Waals surface area contributed by atoms with Gasteiger partial charge >= 0.3 is 0 Å². The van der Waals surface area contributed by atoms with Crippen LogP contribution in [-0.2, 0) is 7.05 Å². The largest absolute Gasteiger partial charge is 0.437 e. The molecule has 2 aromatic heterocycles. The Morgan fingerprint density at radius 1 is 1.03 bits per heavy atom. The second-order valence-corrected chi connectivity index (χ2v) is 7.44. The first-order valence-electron chi connectivity index (χ1n) is 9.07. The zero-order valence-corrected chi connectivity index (χ0v) is 16.4. The van der Waals surface area contributed by atoms with E-state index in [4.69, 9.17) is 16.0 Å². The summed E-state index contributed by atoms with van der Waals surface area (Å²) >= 11 is 6.18. The molecule has 2 heterocycles. The van der Waals surface area contributed by atoms with Gasteiger partial charge in [0.05, 0.1) is 16.2 Å². The second kappa shape index (κ2) is 6.29. The highest BCUT2D eigenvalue weighted by atomic mass is 35.5. The van der Waals surface area contributed by atoms with Gasteiger partial charge in [-0.1, -0.05) is 48.0 Å². The Balaban J connectivity index is 1.58. The molecule has 0 unspecified atom stereocenters. The number of hydrogen-bond donors (Lipinski definition) is 0. The van der Waals surface area contributed by atoms with Crippen LogP contribution >= 0.6 is 11.6 Å². The summed E-state index contributed by atoms with van der Waals surface area (Å²) in [5.41, 5.74) is 3.62. The average molecular weight is 403 g/mol. The molecule has 4 aromatic rings. The van der Waals surface area contributed by atoms with E-state index in [1.165, 1.54) is 6.08 Å². The van der Waals surface area contributed by atoms with Gasteiger partial charge in [-0.15, -0.1) is 0 Å². The molecular formula is C23H15ClN2O3. The minimum absolute atomic E-state index is 0.0542. The number of benzene rings is 2. The van der Waals surface area contributed by atoms with E-state index < -0.39 is 0 Å². The third-order valence-corrected chi connectivity index (χ3v) is 5.54. The maximum absolute atomic E-state index is 12.8. The molecule has 0 spiro atoms. The number of aromatic nitrogens is 2. The first-order chi connectivity index (χ1) is 14.0. The van der Waals surface area contributed by atoms with Gasteiger partial charge in [-0.2, -0.15) is 4.98 Å². The summed E-state index contributed by atoms with van der Waals surface area (Å²) in [6.45, 7) is 1.79. The van der Waals surface area contributed by atoms with Gasteiger partial charge in [0.1, 0.15) is 17.1 Å². The lowest BCUT2D eigenvalue weighted by molar-refractivity contribution is 0.0990. The third-order valence-electron chi connectivity index (χ3n) is 5.22. The molecule has 6 heteroatoms. The lowest BCUT2D eigenvalue weighted by Crippen LogP contribution is -2.00. The van der Waals surface area contributed by atoms with E-state index in [0.29, 0.717) is 17.0 Å². The summed E-state index contributed by atoms with van der Waals surface area (Å²) < 4.78 is 7.74. The molecule has 0 fully saturated rings. The molecule has 0 bridgehead atoms. The van der Waals surface area contributed by atoms with Crippen molar-refractivity contribution >= 4 is 40.5 Å². The number of allylic oxidation sites excluding steroid dienone is 1. The van der Waals surface area contributed by atoms with Crippen molar-refractivity contribution in [2.45, 2.75) is 6.92 Å². The Labute approximate surface area is 171 Å². The number of furan rings is 1. The zero-order chi connectivity index (χ0) is 20.3. The van der Waals surface area contributed by atoms with Crippen molar-refractivity contribution in [3.63, 3.8) is 0 Å². The SMILES string of the molecule is Cc1ccc(Cl)c2c1C(=O)/C(=C\c1cc3c(nc(-c4ccccc4)n3C)o1)C2=O. The van der Waals surface area contributed by atoms with Gasteiger partial charge in [0.2, 0.25) is 5.71 Å². The molecule has 5 nitrogen and oxygen atoms in total. The molecule has 0 N–H and O–H groups in total. The molecule has 1 aliphatic carbocycles. The predicted molar refractivity (Wildman–Crippen MR) is 111 cm³/mol. The van der Waals surface area contributed by atoms with Crippen molar-refractivity contribution in [1.82, 2.24) is 9.55 Å². The van der Waals surface area contributed by atoms with E-state index in [9.17, 15) is 9.59 Å². The highest BCUT2D eigenvalue weighted by molar-refractivity contribution is 6.46. The minimum atomic E-state index is -0.378. The molecule has 0 saturated heterocycles. The van der Waals surface area contributed by atoms with Crippen LogP contribution in [0.2, 0.25) is 5.02 Å². The number of nitrogens with zero attached hydrogens (tertiary/aromatic N) is 2. The van der Waals surface area contributed by atoms with Crippen LogP contribution in [0.25, 0.3) is 28.7 Å². The van der Waals surface area contributed by atoms with E-state index >= 15 is 0 Å².